The zero-order chi connectivity index (χ0) is 48.0. The first-order valence-electron chi connectivity index (χ1n) is 22.7. The molecule has 2 bridgehead atoms. The van der Waals surface area contributed by atoms with E-state index in [2.05, 4.69) is 10.2 Å². The van der Waals surface area contributed by atoms with Crippen molar-refractivity contribution >= 4 is 29.8 Å². The second kappa shape index (κ2) is 18.8. The van der Waals surface area contributed by atoms with E-state index in [1.165, 1.54) is 37.5 Å². The molecule has 4 N–H and O–H groups in total. The third-order valence-electron chi connectivity index (χ3n) is 14.3. The molecular formula is C48H64N2O16. The van der Waals surface area contributed by atoms with Crippen LogP contribution in [0.4, 0.5) is 4.79 Å². The summed E-state index contributed by atoms with van der Waals surface area (Å²) in [5, 5.41) is 40.4. The number of alkyl carbamates (subject to hydrolysis) is 1. The number of carbonyl (C=O) groups is 5. The van der Waals surface area contributed by atoms with Gasteiger partial charge >= 0.3 is 24.0 Å². The van der Waals surface area contributed by atoms with E-state index in [1.54, 1.807) is 66.7 Å². The van der Waals surface area contributed by atoms with E-state index < -0.39 is 112 Å². The molecule has 362 valence electrons. The van der Waals surface area contributed by atoms with Crippen LogP contribution in [0, 0.1) is 16.7 Å². The first-order chi connectivity index (χ1) is 31.1. The van der Waals surface area contributed by atoms with Gasteiger partial charge in [0.1, 0.15) is 47.4 Å². The first-order valence-corrected chi connectivity index (χ1v) is 22.7. The largest absolute Gasteiger partial charge is 0.467 e. The van der Waals surface area contributed by atoms with Crippen LogP contribution in [0.1, 0.15) is 96.8 Å². The van der Waals surface area contributed by atoms with Crippen molar-refractivity contribution in [3.05, 3.63) is 71.2 Å². The highest BCUT2D eigenvalue weighted by Gasteiger charge is 2.78. The normalized spacial score (nSPS) is 32.8. The molecule has 0 unspecified atom stereocenters. The van der Waals surface area contributed by atoms with E-state index in [-0.39, 0.29) is 43.0 Å². The lowest BCUT2D eigenvalue weighted by Crippen LogP contribution is -2.82. The summed E-state index contributed by atoms with van der Waals surface area (Å²) in [6.45, 7) is 15.4. The molecule has 5 aliphatic rings. The van der Waals surface area contributed by atoms with Crippen LogP contribution in [0.25, 0.3) is 0 Å². The van der Waals surface area contributed by atoms with Gasteiger partial charge in [0.05, 0.1) is 55.7 Å². The smallest absolute Gasteiger partial charge is 0.408 e. The van der Waals surface area contributed by atoms with Crippen LogP contribution in [0.5, 0.6) is 0 Å². The predicted molar refractivity (Wildman–Crippen MR) is 231 cm³/mol. The van der Waals surface area contributed by atoms with E-state index in [0.29, 0.717) is 38.4 Å². The Bertz CT molecular complexity index is 2150. The van der Waals surface area contributed by atoms with Gasteiger partial charge in [-0.05, 0) is 70.0 Å². The average Bonchev–Trinajstić information content (AvgIpc) is 3.81. The Morgan fingerprint density at radius 3 is 2.32 bits per heavy atom. The molecule has 7 rings (SSSR count). The molecule has 1 aromatic carbocycles. The number of esters is 3. The molecule has 2 saturated heterocycles. The lowest BCUT2D eigenvalue weighted by molar-refractivity contribution is -0.346. The second-order valence-electron chi connectivity index (χ2n) is 19.7. The van der Waals surface area contributed by atoms with E-state index >= 15 is 4.79 Å². The number of fused-ring (bicyclic) bond motifs is 5. The molecule has 3 heterocycles. The molecule has 1 aromatic heterocycles. The molecule has 3 aliphatic carbocycles. The third kappa shape index (κ3) is 8.93. The number of nitrogens with zero attached hydrogens (tertiary/aromatic N) is 1. The Morgan fingerprint density at radius 2 is 1.71 bits per heavy atom. The monoisotopic (exact) mass is 924 g/mol. The molecule has 1 amide bonds. The molecule has 2 saturated carbocycles. The fourth-order valence-electron chi connectivity index (χ4n) is 10.6. The summed E-state index contributed by atoms with van der Waals surface area (Å²) in [6.07, 6.45) is -9.64. The first kappa shape index (κ1) is 49.2. The number of rotatable bonds is 13. The van der Waals surface area contributed by atoms with Crippen LogP contribution in [0.2, 0.25) is 0 Å². The summed E-state index contributed by atoms with van der Waals surface area (Å²) >= 11 is 0. The number of aliphatic hydroxyl groups is 3. The van der Waals surface area contributed by atoms with E-state index in [4.69, 9.17) is 37.6 Å². The number of hydrogen-bond acceptors (Lipinski definition) is 17. The maximum atomic E-state index is 16.0. The number of hydrogen-bond donors (Lipinski definition) is 4. The zero-order valence-corrected chi connectivity index (χ0v) is 38.9. The van der Waals surface area contributed by atoms with Crippen molar-refractivity contribution in [1.82, 2.24) is 10.2 Å². The van der Waals surface area contributed by atoms with Crippen LogP contribution >= 0.6 is 0 Å². The Labute approximate surface area is 384 Å². The van der Waals surface area contributed by atoms with Gasteiger partial charge in [-0.3, -0.25) is 14.5 Å². The quantitative estimate of drug-likeness (QED) is 0.128. The Balaban J connectivity index is 1.38. The van der Waals surface area contributed by atoms with Gasteiger partial charge in [-0.1, -0.05) is 39.0 Å². The SMILES string of the molecule is CCC(=O)O[C@@]12CO[C@@H]1C[C@H](O)[C@@]1(C)C(=O)[C@H](OCCN3CCOCC3)C3=C(C)[C@@H](OC(=O)[C@H](O)[C@@H](NC(=O)OC(C)(C)C)c4ccco4)C[C@@](O)([C@@H](OC(=O)c4ccccc4)[C@H]21)C3(C)C. The molecule has 0 radical (unpaired) electrons. The number of nitrogens with one attached hydrogen (secondary N) is 1. The molecule has 66 heavy (non-hydrogen) atoms. The number of Topliss-reactive ketones (excluding diaryl/α,β-unsaturated/α-hetero) is 1. The molecule has 2 aromatic rings. The highest BCUT2D eigenvalue weighted by atomic mass is 16.6. The van der Waals surface area contributed by atoms with Crippen molar-refractivity contribution in [2.24, 2.45) is 16.7 Å². The van der Waals surface area contributed by atoms with Gasteiger partial charge in [0.15, 0.2) is 17.5 Å². The molecule has 18 heteroatoms. The molecular weight excluding hydrogens is 861 g/mol. The van der Waals surface area contributed by atoms with Crippen molar-refractivity contribution in [1.29, 1.82) is 0 Å². The number of ketones is 1. The van der Waals surface area contributed by atoms with E-state index in [1.807, 2.05) is 0 Å². The fourth-order valence-corrected chi connectivity index (χ4v) is 10.6. The maximum absolute atomic E-state index is 16.0. The van der Waals surface area contributed by atoms with Gasteiger partial charge in [-0.25, -0.2) is 14.4 Å². The van der Waals surface area contributed by atoms with Crippen molar-refractivity contribution in [2.75, 3.05) is 46.1 Å². The number of ether oxygens (including phenoxy) is 7. The van der Waals surface area contributed by atoms with Crippen molar-refractivity contribution in [3.63, 3.8) is 0 Å². The van der Waals surface area contributed by atoms with Crippen LogP contribution in [0.15, 0.2) is 64.3 Å². The van der Waals surface area contributed by atoms with Gasteiger partial charge in [0.2, 0.25) is 0 Å². The average molecular weight is 925 g/mol. The summed E-state index contributed by atoms with van der Waals surface area (Å²) in [5.74, 6) is -4.90. The van der Waals surface area contributed by atoms with Gasteiger partial charge in [-0.15, -0.1) is 0 Å². The molecule has 11 atom stereocenters. The Kier molecular flexibility index (Phi) is 14.0. The van der Waals surface area contributed by atoms with Crippen molar-refractivity contribution in [3.8, 4) is 0 Å². The number of amides is 1. The van der Waals surface area contributed by atoms with Crippen LogP contribution < -0.4 is 5.32 Å². The molecule has 2 aliphatic heterocycles. The number of furan rings is 1. The lowest BCUT2D eigenvalue weighted by atomic mass is 9.44. The van der Waals surface area contributed by atoms with Crippen LogP contribution in [-0.2, 0) is 47.5 Å². The summed E-state index contributed by atoms with van der Waals surface area (Å²) in [7, 11) is 0. The van der Waals surface area contributed by atoms with Crippen molar-refractivity contribution < 1.29 is 76.9 Å². The maximum Gasteiger partial charge on any atom is 0.408 e. The summed E-state index contributed by atoms with van der Waals surface area (Å²) < 4.78 is 48.1. The second-order valence-corrected chi connectivity index (χ2v) is 19.7. The van der Waals surface area contributed by atoms with Crippen LogP contribution in [0.3, 0.4) is 0 Å². The molecule has 4 fully saturated rings. The summed E-state index contributed by atoms with van der Waals surface area (Å²) in [4.78, 5) is 73.4. The highest BCUT2D eigenvalue weighted by molar-refractivity contribution is 5.94. The third-order valence-corrected chi connectivity index (χ3v) is 14.3. The Morgan fingerprint density at radius 1 is 1.02 bits per heavy atom. The number of aliphatic hydroxyl groups excluding tert-OH is 2. The minimum Gasteiger partial charge on any atom is -0.467 e. The fraction of sp³-hybridized carbons (Fsp3) is 0.646. The van der Waals surface area contributed by atoms with Gasteiger partial charge in [-0.2, -0.15) is 0 Å². The zero-order valence-electron chi connectivity index (χ0n) is 38.9. The summed E-state index contributed by atoms with van der Waals surface area (Å²) in [5.41, 5.74) is -7.86. The number of morpholine rings is 1. The minimum absolute atomic E-state index is 0.000466. The molecule has 0 spiro atoms. The number of benzene rings is 1. The van der Waals surface area contributed by atoms with Gasteiger partial charge in [0.25, 0.3) is 0 Å². The van der Waals surface area contributed by atoms with E-state index in [9.17, 15) is 34.5 Å². The topological polar surface area (TPSA) is 239 Å². The van der Waals surface area contributed by atoms with E-state index in [0.717, 1.165) is 0 Å². The van der Waals surface area contributed by atoms with Crippen LogP contribution in [-0.4, -0.2) is 149 Å². The lowest BCUT2D eigenvalue weighted by Gasteiger charge is -2.67. The minimum atomic E-state index is -2.32. The predicted octanol–water partition coefficient (Wildman–Crippen LogP) is 3.60. The Hall–Kier alpha value is -4.69. The molecule has 18 nitrogen and oxygen atoms in total. The standard InChI is InChI=1S/C48H64N2O16/c1-9-33(52)65-47-26-62-32(47)24-31(51)46(8)38(47)40(64-41(55)28-14-11-10-12-15-28)48(58)25-30(63-42(56)36(53)35(29-16-13-20-60-29)49-43(57)66-44(3,4)5)27(2)34(45(48,6)7)37(39(46)54)61-23-19-50-17-21-59-22-18-50/h10-16,20,30-32,35-38,40,51,53,58H,9,17-19,21-26H2,1-8H3,(H,49,57)/t30-,31-,32+,35-,36+,37+,38-,40-,46+,47-,48+/m0/s1. The highest BCUT2D eigenvalue weighted by Crippen LogP contribution is 2.64. The van der Waals surface area contributed by atoms with Crippen molar-refractivity contribution in [2.45, 2.75) is 134 Å². The number of carbonyl (C=O) groups excluding carboxylic acids is 5. The van der Waals surface area contributed by atoms with Gasteiger partial charge < -0.3 is 58.2 Å². The summed E-state index contributed by atoms with van der Waals surface area (Å²) in [6, 6.07) is 9.44. The van der Waals surface area contributed by atoms with Gasteiger partial charge in [0, 0.05) is 44.3 Å².